The van der Waals surface area contributed by atoms with Gasteiger partial charge in [-0.2, -0.15) is 0 Å². The molecule has 94 valence electrons. The Labute approximate surface area is 103 Å². The van der Waals surface area contributed by atoms with Gasteiger partial charge in [-0.25, -0.2) is 0 Å². The highest BCUT2D eigenvalue weighted by molar-refractivity contribution is 5.34. The van der Waals surface area contributed by atoms with E-state index in [4.69, 9.17) is 10.5 Å². The highest BCUT2D eigenvalue weighted by atomic mass is 16.5. The Morgan fingerprint density at radius 1 is 1.47 bits per heavy atom. The number of ether oxygens (including phenoxy) is 1. The minimum atomic E-state index is 0.338. The summed E-state index contributed by atoms with van der Waals surface area (Å²) in [7, 11) is 0. The molecule has 2 heterocycles. The summed E-state index contributed by atoms with van der Waals surface area (Å²) in [5, 5.41) is 0. The third-order valence-electron chi connectivity index (χ3n) is 3.24. The van der Waals surface area contributed by atoms with Crippen LogP contribution in [0.3, 0.4) is 0 Å². The number of anilines is 1. The first-order valence-corrected chi connectivity index (χ1v) is 6.21. The highest BCUT2D eigenvalue weighted by Gasteiger charge is 2.22. The van der Waals surface area contributed by atoms with Crippen LogP contribution in [0, 0.1) is 0 Å². The molecule has 0 spiro atoms. The number of pyridine rings is 1. The minimum Gasteiger partial charge on any atom is -0.397 e. The van der Waals surface area contributed by atoms with E-state index >= 15 is 0 Å². The third-order valence-corrected chi connectivity index (χ3v) is 3.24. The van der Waals surface area contributed by atoms with Crippen LogP contribution in [0.2, 0.25) is 0 Å². The zero-order valence-electron chi connectivity index (χ0n) is 10.6. The molecule has 1 fully saturated rings. The standard InChI is InChI=1S/C13H21N3O/c1-10-9-17-11(2)8-16(10)6-5-13-4-3-12(14)7-15-13/h3-4,7,10-11H,5-6,8-9,14H2,1-2H3. The van der Waals surface area contributed by atoms with E-state index in [2.05, 4.69) is 23.7 Å². The summed E-state index contributed by atoms with van der Waals surface area (Å²) >= 11 is 0. The lowest BCUT2D eigenvalue weighted by Crippen LogP contribution is -2.47. The van der Waals surface area contributed by atoms with Crippen molar-refractivity contribution in [1.82, 2.24) is 9.88 Å². The Morgan fingerprint density at radius 2 is 2.29 bits per heavy atom. The summed E-state index contributed by atoms with van der Waals surface area (Å²) in [6.45, 7) is 7.21. The van der Waals surface area contributed by atoms with Crippen LogP contribution in [0.4, 0.5) is 5.69 Å². The van der Waals surface area contributed by atoms with Crippen LogP contribution < -0.4 is 5.73 Å². The van der Waals surface area contributed by atoms with Gasteiger partial charge < -0.3 is 10.5 Å². The first-order chi connectivity index (χ1) is 8.15. The fraction of sp³-hybridized carbons (Fsp3) is 0.615. The molecule has 1 aromatic rings. The summed E-state index contributed by atoms with van der Waals surface area (Å²) in [5.41, 5.74) is 7.44. The molecule has 1 aliphatic heterocycles. The molecule has 0 radical (unpaired) electrons. The maximum Gasteiger partial charge on any atom is 0.0674 e. The van der Waals surface area contributed by atoms with Gasteiger partial charge in [-0.05, 0) is 26.0 Å². The van der Waals surface area contributed by atoms with E-state index in [0.717, 1.165) is 37.5 Å². The molecule has 2 unspecified atom stereocenters. The summed E-state index contributed by atoms with van der Waals surface area (Å²) in [6, 6.07) is 4.41. The van der Waals surface area contributed by atoms with Crippen molar-refractivity contribution in [3.05, 3.63) is 24.0 Å². The van der Waals surface area contributed by atoms with Crippen LogP contribution in [0.15, 0.2) is 18.3 Å². The molecule has 4 nitrogen and oxygen atoms in total. The molecule has 4 heteroatoms. The molecule has 0 saturated carbocycles. The maximum absolute atomic E-state index is 5.62. The number of hydrogen-bond donors (Lipinski definition) is 1. The Kier molecular flexibility index (Phi) is 3.97. The van der Waals surface area contributed by atoms with Gasteiger partial charge in [-0.15, -0.1) is 0 Å². The van der Waals surface area contributed by atoms with Crippen LogP contribution >= 0.6 is 0 Å². The van der Waals surface area contributed by atoms with E-state index in [0.29, 0.717) is 12.1 Å². The monoisotopic (exact) mass is 235 g/mol. The molecule has 1 aliphatic rings. The van der Waals surface area contributed by atoms with Gasteiger partial charge in [0.25, 0.3) is 0 Å². The SMILES string of the molecule is CC1CN(CCc2ccc(N)cn2)C(C)CO1. The maximum atomic E-state index is 5.62. The Balaban J connectivity index is 1.86. The molecule has 1 aromatic heterocycles. The zero-order chi connectivity index (χ0) is 12.3. The molecule has 0 amide bonds. The average Bonchev–Trinajstić information content (AvgIpc) is 2.32. The fourth-order valence-electron chi connectivity index (χ4n) is 2.13. The molecule has 0 aromatic carbocycles. The molecular formula is C13H21N3O. The normalized spacial score (nSPS) is 26.0. The second-order valence-corrected chi connectivity index (χ2v) is 4.82. The Morgan fingerprint density at radius 3 is 3.00 bits per heavy atom. The molecule has 0 bridgehead atoms. The van der Waals surface area contributed by atoms with Crippen LogP contribution in [0.25, 0.3) is 0 Å². The van der Waals surface area contributed by atoms with Gasteiger partial charge in [0.2, 0.25) is 0 Å². The topological polar surface area (TPSA) is 51.4 Å². The van der Waals surface area contributed by atoms with Gasteiger partial charge in [-0.3, -0.25) is 9.88 Å². The largest absolute Gasteiger partial charge is 0.397 e. The van der Waals surface area contributed by atoms with Crippen molar-refractivity contribution in [3.8, 4) is 0 Å². The van der Waals surface area contributed by atoms with E-state index in [1.807, 2.05) is 12.1 Å². The first-order valence-electron chi connectivity index (χ1n) is 6.21. The van der Waals surface area contributed by atoms with E-state index in [1.165, 1.54) is 0 Å². The van der Waals surface area contributed by atoms with Crippen molar-refractivity contribution < 1.29 is 4.74 Å². The van der Waals surface area contributed by atoms with Crippen molar-refractivity contribution in [2.45, 2.75) is 32.4 Å². The molecule has 17 heavy (non-hydrogen) atoms. The number of aromatic nitrogens is 1. The van der Waals surface area contributed by atoms with E-state index in [1.54, 1.807) is 6.20 Å². The molecule has 2 atom stereocenters. The van der Waals surface area contributed by atoms with Crippen molar-refractivity contribution >= 4 is 5.69 Å². The number of nitrogens with two attached hydrogens (primary N) is 1. The van der Waals surface area contributed by atoms with Crippen molar-refractivity contribution in [1.29, 1.82) is 0 Å². The van der Waals surface area contributed by atoms with Gasteiger partial charge in [-0.1, -0.05) is 0 Å². The van der Waals surface area contributed by atoms with E-state index in [-0.39, 0.29) is 0 Å². The lowest BCUT2D eigenvalue weighted by atomic mass is 10.1. The number of nitrogens with zero attached hydrogens (tertiary/aromatic N) is 2. The molecule has 1 saturated heterocycles. The van der Waals surface area contributed by atoms with Crippen molar-refractivity contribution in [2.75, 3.05) is 25.4 Å². The summed E-state index contributed by atoms with van der Waals surface area (Å²) in [4.78, 5) is 6.79. The number of nitrogen functional groups attached to an aromatic ring is 1. The van der Waals surface area contributed by atoms with Crippen molar-refractivity contribution in [2.24, 2.45) is 0 Å². The first kappa shape index (κ1) is 12.3. The summed E-state index contributed by atoms with van der Waals surface area (Å²) < 4.78 is 5.61. The van der Waals surface area contributed by atoms with Gasteiger partial charge in [0.15, 0.2) is 0 Å². The third kappa shape index (κ3) is 3.41. The molecule has 0 aliphatic carbocycles. The lowest BCUT2D eigenvalue weighted by molar-refractivity contribution is -0.0488. The smallest absolute Gasteiger partial charge is 0.0674 e. The van der Waals surface area contributed by atoms with Crippen LogP contribution in [0.5, 0.6) is 0 Å². The minimum absolute atomic E-state index is 0.338. The molecule has 2 N–H and O–H groups in total. The van der Waals surface area contributed by atoms with Gasteiger partial charge in [0.1, 0.15) is 0 Å². The molecule has 2 rings (SSSR count). The lowest BCUT2D eigenvalue weighted by Gasteiger charge is -2.36. The predicted octanol–water partition coefficient (Wildman–Crippen LogP) is 1.32. The Hall–Kier alpha value is -1.13. The number of rotatable bonds is 3. The van der Waals surface area contributed by atoms with Crippen LogP contribution in [-0.4, -0.2) is 41.7 Å². The fourth-order valence-corrected chi connectivity index (χ4v) is 2.13. The highest BCUT2D eigenvalue weighted by Crippen LogP contribution is 2.12. The number of morpholine rings is 1. The quantitative estimate of drug-likeness (QED) is 0.858. The van der Waals surface area contributed by atoms with Crippen LogP contribution in [-0.2, 0) is 11.2 Å². The molecular weight excluding hydrogens is 214 g/mol. The van der Waals surface area contributed by atoms with Crippen LogP contribution in [0.1, 0.15) is 19.5 Å². The number of hydrogen-bond acceptors (Lipinski definition) is 4. The van der Waals surface area contributed by atoms with E-state index < -0.39 is 0 Å². The van der Waals surface area contributed by atoms with Gasteiger partial charge in [0, 0.05) is 31.2 Å². The van der Waals surface area contributed by atoms with Crippen molar-refractivity contribution in [3.63, 3.8) is 0 Å². The summed E-state index contributed by atoms with van der Waals surface area (Å²) in [6.07, 6.45) is 3.03. The van der Waals surface area contributed by atoms with E-state index in [9.17, 15) is 0 Å². The summed E-state index contributed by atoms with van der Waals surface area (Å²) in [5.74, 6) is 0. The predicted molar refractivity (Wildman–Crippen MR) is 68.8 cm³/mol. The second kappa shape index (κ2) is 5.47. The zero-order valence-corrected chi connectivity index (χ0v) is 10.6. The van der Waals surface area contributed by atoms with Gasteiger partial charge in [0.05, 0.1) is 24.6 Å². The average molecular weight is 235 g/mol. The van der Waals surface area contributed by atoms with Gasteiger partial charge >= 0.3 is 0 Å². The Bertz CT molecular complexity index is 352. The second-order valence-electron chi connectivity index (χ2n) is 4.82.